The zero-order valence-electron chi connectivity index (χ0n) is 16.1. The minimum Gasteiger partial charge on any atom is -0.477 e. The second-order valence-electron chi connectivity index (χ2n) is 6.94. The number of carboxylic acid groups (broad SMARTS) is 1. The molecule has 0 radical (unpaired) electrons. The normalized spacial score (nSPS) is 13.0. The Hall–Kier alpha value is -4.25. The van der Waals surface area contributed by atoms with E-state index in [4.69, 9.17) is 9.84 Å². The van der Waals surface area contributed by atoms with E-state index in [-0.39, 0.29) is 11.5 Å². The number of rotatable bonds is 4. The van der Waals surface area contributed by atoms with E-state index >= 15 is 0 Å². The van der Waals surface area contributed by atoms with Gasteiger partial charge in [0.15, 0.2) is 5.82 Å². The van der Waals surface area contributed by atoms with Gasteiger partial charge in [0, 0.05) is 29.8 Å². The fourth-order valence-electron chi connectivity index (χ4n) is 3.48. The van der Waals surface area contributed by atoms with Crippen molar-refractivity contribution in [3.8, 4) is 11.6 Å². The maximum absolute atomic E-state index is 12.6. The summed E-state index contributed by atoms with van der Waals surface area (Å²) in [6.45, 7) is 1.53. The number of aromatic nitrogens is 5. The monoisotopic (exact) mass is 419 g/mol. The van der Waals surface area contributed by atoms with Crippen LogP contribution in [0.3, 0.4) is 0 Å². The fourth-order valence-corrected chi connectivity index (χ4v) is 3.48. The number of aromatic carboxylic acids is 1. The second kappa shape index (κ2) is 7.54. The number of fused-ring (bicyclic) bond motifs is 2. The SMILES string of the molecule is O=C(O)c1cc(NC(=O)n2ccc3cc(Oc4ncnc5c4CCNC5)ccc32)n[nH]1. The first-order valence-corrected chi connectivity index (χ1v) is 9.51. The van der Waals surface area contributed by atoms with E-state index in [2.05, 4.69) is 30.8 Å². The van der Waals surface area contributed by atoms with Crippen LogP contribution in [-0.4, -0.2) is 48.4 Å². The van der Waals surface area contributed by atoms with Crippen LogP contribution in [0, 0.1) is 0 Å². The first kappa shape index (κ1) is 18.8. The van der Waals surface area contributed by atoms with Gasteiger partial charge in [-0.3, -0.25) is 15.0 Å². The molecular weight excluding hydrogens is 402 g/mol. The Morgan fingerprint density at radius 3 is 2.94 bits per heavy atom. The standard InChI is InChI=1S/C20H17N7O4/c28-19(29)14-8-17(26-25-14)24-20(30)27-6-4-11-7-12(1-2-16(11)27)31-18-13-3-5-21-9-15(13)22-10-23-18/h1-2,4,6-8,10,21H,3,5,9H2,(H,28,29)(H2,24,25,26,30). The van der Waals surface area contributed by atoms with Crippen molar-refractivity contribution < 1.29 is 19.4 Å². The average molecular weight is 419 g/mol. The number of anilines is 1. The lowest BCUT2D eigenvalue weighted by atomic mass is 10.1. The molecule has 1 aliphatic rings. The highest BCUT2D eigenvalue weighted by Gasteiger charge is 2.18. The summed E-state index contributed by atoms with van der Waals surface area (Å²) in [5, 5.41) is 21.7. The number of carbonyl (C=O) groups is 2. The van der Waals surface area contributed by atoms with Crippen LogP contribution in [0.2, 0.25) is 0 Å². The van der Waals surface area contributed by atoms with Gasteiger partial charge in [-0.1, -0.05) is 0 Å². The van der Waals surface area contributed by atoms with Crippen LogP contribution >= 0.6 is 0 Å². The Balaban J connectivity index is 1.37. The highest BCUT2D eigenvalue weighted by atomic mass is 16.5. The van der Waals surface area contributed by atoms with Gasteiger partial charge in [-0.25, -0.2) is 19.6 Å². The average Bonchev–Trinajstić information content (AvgIpc) is 3.41. The molecule has 0 unspecified atom stereocenters. The number of amides is 1. The lowest BCUT2D eigenvalue weighted by molar-refractivity contribution is 0.0690. The van der Waals surface area contributed by atoms with Gasteiger partial charge in [0.25, 0.3) is 0 Å². The van der Waals surface area contributed by atoms with Crippen LogP contribution in [0.15, 0.2) is 42.9 Å². The van der Waals surface area contributed by atoms with E-state index in [1.165, 1.54) is 17.0 Å². The Bertz CT molecular complexity index is 1310. The molecule has 0 bridgehead atoms. The molecule has 0 fully saturated rings. The van der Waals surface area contributed by atoms with Crippen LogP contribution in [0.1, 0.15) is 21.7 Å². The molecule has 0 saturated heterocycles. The van der Waals surface area contributed by atoms with Crippen molar-refractivity contribution >= 4 is 28.7 Å². The quantitative estimate of drug-likeness (QED) is 0.394. The van der Waals surface area contributed by atoms with Crippen molar-refractivity contribution in [3.63, 3.8) is 0 Å². The molecular formula is C20H17N7O4. The molecule has 1 amide bonds. The van der Waals surface area contributed by atoms with Crippen molar-refractivity contribution in [1.82, 2.24) is 30.0 Å². The maximum Gasteiger partial charge on any atom is 0.353 e. The third kappa shape index (κ3) is 3.57. The predicted octanol–water partition coefficient (Wildman–Crippen LogP) is 2.37. The number of H-pyrrole nitrogens is 1. The summed E-state index contributed by atoms with van der Waals surface area (Å²) in [7, 11) is 0. The Morgan fingerprint density at radius 1 is 1.19 bits per heavy atom. The molecule has 3 aromatic heterocycles. The smallest absolute Gasteiger partial charge is 0.353 e. The molecule has 0 saturated carbocycles. The predicted molar refractivity (Wildman–Crippen MR) is 109 cm³/mol. The van der Waals surface area contributed by atoms with Crippen LogP contribution in [-0.2, 0) is 13.0 Å². The largest absolute Gasteiger partial charge is 0.477 e. The zero-order valence-corrected chi connectivity index (χ0v) is 16.1. The van der Waals surface area contributed by atoms with Crippen LogP contribution in [0.5, 0.6) is 11.6 Å². The number of hydrogen-bond donors (Lipinski definition) is 4. The number of ether oxygens (including phenoxy) is 1. The minimum absolute atomic E-state index is 0.114. The summed E-state index contributed by atoms with van der Waals surface area (Å²) >= 11 is 0. The van der Waals surface area contributed by atoms with E-state index in [0.717, 1.165) is 29.6 Å². The zero-order chi connectivity index (χ0) is 21.4. The number of carbonyl (C=O) groups excluding carboxylic acids is 1. The summed E-state index contributed by atoms with van der Waals surface area (Å²) in [5.41, 5.74) is 2.48. The van der Waals surface area contributed by atoms with E-state index in [1.54, 1.807) is 24.4 Å². The third-order valence-electron chi connectivity index (χ3n) is 4.98. The Kier molecular flexibility index (Phi) is 4.56. The van der Waals surface area contributed by atoms with Gasteiger partial charge in [0.05, 0.1) is 11.2 Å². The van der Waals surface area contributed by atoms with Gasteiger partial charge in [0.2, 0.25) is 5.88 Å². The van der Waals surface area contributed by atoms with Crippen LogP contribution in [0.25, 0.3) is 10.9 Å². The minimum atomic E-state index is -1.16. The lowest BCUT2D eigenvalue weighted by Gasteiger charge is -2.18. The van der Waals surface area contributed by atoms with Crippen molar-refractivity contribution in [2.75, 3.05) is 11.9 Å². The summed E-state index contributed by atoms with van der Waals surface area (Å²) in [5.74, 6) is 0.0969. The second-order valence-corrected chi connectivity index (χ2v) is 6.94. The van der Waals surface area contributed by atoms with Crippen LogP contribution < -0.4 is 15.4 Å². The van der Waals surface area contributed by atoms with Crippen molar-refractivity contribution in [2.24, 2.45) is 0 Å². The topological polar surface area (TPSA) is 147 Å². The molecule has 4 heterocycles. The molecule has 156 valence electrons. The maximum atomic E-state index is 12.6. The molecule has 0 aliphatic carbocycles. The number of nitrogens with one attached hydrogen (secondary N) is 3. The van der Waals surface area contributed by atoms with Gasteiger partial charge in [-0.05, 0) is 37.2 Å². The Morgan fingerprint density at radius 2 is 2.10 bits per heavy atom. The summed E-state index contributed by atoms with van der Waals surface area (Å²) in [6.07, 6.45) is 3.90. The number of hydrogen-bond acceptors (Lipinski definition) is 7. The summed E-state index contributed by atoms with van der Waals surface area (Å²) in [4.78, 5) is 32.1. The number of carboxylic acids is 1. The lowest BCUT2D eigenvalue weighted by Crippen LogP contribution is -2.25. The molecule has 1 aromatic carbocycles. The molecule has 0 spiro atoms. The number of benzene rings is 1. The van der Waals surface area contributed by atoms with E-state index in [9.17, 15) is 9.59 Å². The Labute approximate surface area is 175 Å². The molecule has 4 N–H and O–H groups in total. The van der Waals surface area contributed by atoms with Crippen molar-refractivity contribution in [3.05, 3.63) is 59.8 Å². The number of aromatic amines is 1. The highest BCUT2D eigenvalue weighted by molar-refractivity contribution is 5.99. The third-order valence-corrected chi connectivity index (χ3v) is 4.98. The van der Waals surface area contributed by atoms with Crippen molar-refractivity contribution in [1.29, 1.82) is 0 Å². The molecule has 1 aliphatic heterocycles. The highest BCUT2D eigenvalue weighted by Crippen LogP contribution is 2.29. The van der Waals surface area contributed by atoms with Gasteiger partial charge in [0.1, 0.15) is 17.8 Å². The van der Waals surface area contributed by atoms with E-state index in [0.29, 0.717) is 23.7 Å². The molecule has 4 aromatic rings. The fraction of sp³-hybridized carbons (Fsp3) is 0.150. The molecule has 11 nitrogen and oxygen atoms in total. The van der Waals surface area contributed by atoms with E-state index in [1.807, 2.05) is 6.07 Å². The first-order chi connectivity index (χ1) is 15.1. The van der Waals surface area contributed by atoms with Crippen molar-refractivity contribution in [2.45, 2.75) is 13.0 Å². The van der Waals surface area contributed by atoms with Gasteiger partial charge < -0.3 is 15.2 Å². The van der Waals surface area contributed by atoms with E-state index < -0.39 is 12.0 Å². The summed E-state index contributed by atoms with van der Waals surface area (Å²) in [6, 6.07) is 7.92. The first-order valence-electron chi connectivity index (χ1n) is 9.51. The van der Waals surface area contributed by atoms with Gasteiger partial charge in [-0.2, -0.15) is 5.10 Å². The molecule has 31 heavy (non-hydrogen) atoms. The molecule has 0 atom stereocenters. The molecule has 11 heteroatoms. The van der Waals surface area contributed by atoms with Gasteiger partial charge >= 0.3 is 12.0 Å². The number of nitrogens with zero attached hydrogens (tertiary/aromatic N) is 4. The molecule has 5 rings (SSSR count). The van der Waals surface area contributed by atoms with Gasteiger partial charge in [-0.15, -0.1) is 0 Å². The van der Waals surface area contributed by atoms with Crippen LogP contribution in [0.4, 0.5) is 10.6 Å². The summed E-state index contributed by atoms with van der Waals surface area (Å²) < 4.78 is 7.43.